The highest BCUT2D eigenvalue weighted by Gasteiger charge is 2.40. The van der Waals surface area contributed by atoms with Crippen molar-refractivity contribution in [2.45, 2.75) is 23.7 Å². The van der Waals surface area contributed by atoms with Gasteiger partial charge in [0.1, 0.15) is 0 Å². The van der Waals surface area contributed by atoms with Gasteiger partial charge in [0.25, 0.3) is 0 Å². The second kappa shape index (κ2) is 6.08. The molecular formula is C11H11F4NOS. The fourth-order valence-electron chi connectivity index (χ4n) is 1.16. The van der Waals surface area contributed by atoms with Crippen LogP contribution in [-0.2, 0) is 11.2 Å². The van der Waals surface area contributed by atoms with Crippen LogP contribution in [0.1, 0.15) is 5.56 Å². The van der Waals surface area contributed by atoms with Crippen molar-refractivity contribution in [2.24, 2.45) is 0 Å². The molecule has 0 heterocycles. The van der Waals surface area contributed by atoms with Crippen molar-refractivity contribution in [3.63, 3.8) is 0 Å². The van der Waals surface area contributed by atoms with Gasteiger partial charge in [-0.15, -0.1) is 12.6 Å². The maximum atomic E-state index is 12.5. The van der Waals surface area contributed by atoms with Crippen molar-refractivity contribution in [2.75, 3.05) is 6.54 Å². The zero-order valence-electron chi connectivity index (χ0n) is 9.17. The van der Waals surface area contributed by atoms with Gasteiger partial charge in [-0.25, -0.2) is 8.78 Å². The Bertz CT molecular complexity index is 408. The average molecular weight is 281 g/mol. The zero-order chi connectivity index (χ0) is 13.8. The number of halogens is 4. The zero-order valence-corrected chi connectivity index (χ0v) is 10.1. The molecule has 0 spiro atoms. The first-order chi connectivity index (χ1) is 8.31. The molecule has 0 unspecified atom stereocenters. The van der Waals surface area contributed by atoms with Crippen LogP contribution in [0, 0.1) is 0 Å². The largest absolute Gasteiger partial charge is 0.350 e. The van der Waals surface area contributed by atoms with Crippen LogP contribution in [0.15, 0.2) is 29.2 Å². The SMILES string of the molecule is O=C(Cc1ccc(S)cc1)NCC(F)(F)C(F)F. The lowest BCUT2D eigenvalue weighted by molar-refractivity contribution is -0.136. The van der Waals surface area contributed by atoms with Crippen LogP contribution >= 0.6 is 12.6 Å². The number of hydrogen-bond donors (Lipinski definition) is 2. The molecule has 1 rings (SSSR count). The highest BCUT2D eigenvalue weighted by molar-refractivity contribution is 7.80. The van der Waals surface area contributed by atoms with Gasteiger partial charge in [-0.3, -0.25) is 4.79 Å². The van der Waals surface area contributed by atoms with Gasteiger partial charge in [0.05, 0.1) is 13.0 Å². The first-order valence-corrected chi connectivity index (χ1v) is 5.46. The third-order valence-corrected chi connectivity index (χ3v) is 2.44. The number of amides is 1. The maximum absolute atomic E-state index is 12.5. The first-order valence-electron chi connectivity index (χ1n) is 5.02. The van der Waals surface area contributed by atoms with E-state index in [9.17, 15) is 22.4 Å². The minimum Gasteiger partial charge on any atom is -0.350 e. The van der Waals surface area contributed by atoms with Gasteiger partial charge < -0.3 is 5.32 Å². The van der Waals surface area contributed by atoms with E-state index in [1.165, 1.54) is 0 Å². The average Bonchev–Trinajstić information content (AvgIpc) is 2.29. The fraction of sp³-hybridized carbons (Fsp3) is 0.364. The summed E-state index contributed by atoms with van der Waals surface area (Å²) in [5.41, 5.74) is 0.589. The molecular weight excluding hydrogens is 270 g/mol. The van der Waals surface area contributed by atoms with Crippen LogP contribution in [-0.4, -0.2) is 24.8 Å². The number of hydrogen-bond acceptors (Lipinski definition) is 2. The Morgan fingerprint density at radius 1 is 1.28 bits per heavy atom. The van der Waals surface area contributed by atoms with E-state index in [1.807, 2.05) is 0 Å². The summed E-state index contributed by atoms with van der Waals surface area (Å²) in [6, 6.07) is 6.49. The molecule has 0 aliphatic carbocycles. The Morgan fingerprint density at radius 3 is 2.33 bits per heavy atom. The molecule has 0 aliphatic heterocycles. The van der Waals surface area contributed by atoms with Crippen LogP contribution in [0.3, 0.4) is 0 Å². The fourth-order valence-corrected chi connectivity index (χ4v) is 1.30. The summed E-state index contributed by atoms with van der Waals surface area (Å²) in [4.78, 5) is 12.0. The number of carbonyl (C=O) groups is 1. The highest BCUT2D eigenvalue weighted by atomic mass is 32.1. The van der Waals surface area contributed by atoms with E-state index < -0.39 is 24.8 Å². The molecule has 1 amide bonds. The Kier molecular flexibility index (Phi) is 5.01. The van der Waals surface area contributed by atoms with E-state index in [-0.39, 0.29) is 6.42 Å². The lowest BCUT2D eigenvalue weighted by Gasteiger charge is -2.15. The van der Waals surface area contributed by atoms with Crippen molar-refractivity contribution in [1.29, 1.82) is 0 Å². The number of carbonyl (C=O) groups excluding carboxylic acids is 1. The summed E-state index contributed by atoms with van der Waals surface area (Å²) in [5, 5.41) is 1.78. The molecule has 1 N–H and O–H groups in total. The summed E-state index contributed by atoms with van der Waals surface area (Å²) in [7, 11) is 0. The van der Waals surface area contributed by atoms with Crippen molar-refractivity contribution in [1.82, 2.24) is 5.32 Å². The quantitative estimate of drug-likeness (QED) is 0.630. The van der Waals surface area contributed by atoms with Crippen LogP contribution in [0.4, 0.5) is 17.6 Å². The van der Waals surface area contributed by atoms with Gasteiger partial charge in [-0.05, 0) is 17.7 Å². The summed E-state index contributed by atoms with van der Waals surface area (Å²) in [6.07, 6.45) is -3.94. The molecule has 18 heavy (non-hydrogen) atoms. The highest BCUT2D eigenvalue weighted by Crippen LogP contribution is 2.21. The number of nitrogens with one attached hydrogen (secondary N) is 1. The summed E-state index contributed by atoms with van der Waals surface area (Å²) in [5.74, 6) is -4.94. The van der Waals surface area contributed by atoms with Gasteiger partial charge in [0.15, 0.2) is 0 Å². The van der Waals surface area contributed by atoms with Gasteiger partial charge in [0, 0.05) is 4.90 Å². The molecule has 0 radical (unpaired) electrons. The van der Waals surface area contributed by atoms with E-state index >= 15 is 0 Å². The molecule has 0 aliphatic rings. The third kappa shape index (κ3) is 4.56. The predicted octanol–water partition coefficient (Wildman–Crippen LogP) is 2.53. The summed E-state index contributed by atoms with van der Waals surface area (Å²) < 4.78 is 48.7. The summed E-state index contributed by atoms with van der Waals surface area (Å²) in [6.45, 7) is -1.37. The number of benzene rings is 1. The van der Waals surface area contributed by atoms with Crippen molar-refractivity contribution in [3.05, 3.63) is 29.8 Å². The molecule has 1 aromatic rings. The molecule has 0 bridgehead atoms. The third-order valence-electron chi connectivity index (χ3n) is 2.14. The first kappa shape index (κ1) is 14.8. The molecule has 7 heteroatoms. The van der Waals surface area contributed by atoms with Crippen molar-refractivity contribution in [3.8, 4) is 0 Å². The topological polar surface area (TPSA) is 29.1 Å². The van der Waals surface area contributed by atoms with Crippen LogP contribution in [0.25, 0.3) is 0 Å². The van der Waals surface area contributed by atoms with Gasteiger partial charge >= 0.3 is 12.3 Å². The van der Waals surface area contributed by atoms with E-state index in [0.29, 0.717) is 10.5 Å². The van der Waals surface area contributed by atoms with Crippen molar-refractivity contribution >= 4 is 18.5 Å². The predicted molar refractivity (Wildman–Crippen MR) is 61.4 cm³/mol. The van der Waals surface area contributed by atoms with E-state index in [4.69, 9.17) is 0 Å². The Balaban J connectivity index is 2.45. The van der Waals surface area contributed by atoms with Crippen LogP contribution in [0.2, 0.25) is 0 Å². The Labute approximate surface area is 107 Å². The summed E-state index contributed by atoms with van der Waals surface area (Å²) >= 11 is 4.04. The van der Waals surface area contributed by atoms with E-state index in [1.54, 1.807) is 29.6 Å². The lowest BCUT2D eigenvalue weighted by atomic mass is 10.1. The molecule has 2 nitrogen and oxygen atoms in total. The van der Waals surface area contributed by atoms with Crippen LogP contribution < -0.4 is 5.32 Å². The van der Waals surface area contributed by atoms with E-state index in [2.05, 4.69) is 12.6 Å². The smallest absolute Gasteiger partial charge is 0.324 e. The normalized spacial score (nSPS) is 11.7. The second-order valence-corrected chi connectivity index (χ2v) is 4.20. The Hall–Kier alpha value is -1.24. The molecule has 0 atom stereocenters. The standard InChI is InChI=1S/C11H11F4NOS/c12-10(13)11(14,15)6-16-9(17)5-7-1-3-8(18)4-2-7/h1-4,10,18H,5-6H2,(H,16,17). The molecule has 0 aromatic heterocycles. The number of alkyl halides is 4. The minimum atomic E-state index is -4.20. The second-order valence-electron chi connectivity index (χ2n) is 3.68. The molecule has 100 valence electrons. The number of rotatable bonds is 5. The maximum Gasteiger partial charge on any atom is 0.324 e. The van der Waals surface area contributed by atoms with Gasteiger partial charge in [-0.2, -0.15) is 8.78 Å². The van der Waals surface area contributed by atoms with Crippen molar-refractivity contribution < 1.29 is 22.4 Å². The van der Waals surface area contributed by atoms with Gasteiger partial charge in [-0.1, -0.05) is 12.1 Å². The molecule has 0 fully saturated rings. The molecule has 0 saturated heterocycles. The molecule has 0 saturated carbocycles. The number of thiol groups is 1. The van der Waals surface area contributed by atoms with E-state index in [0.717, 1.165) is 0 Å². The lowest BCUT2D eigenvalue weighted by Crippen LogP contribution is -2.41. The Morgan fingerprint density at radius 2 is 1.83 bits per heavy atom. The van der Waals surface area contributed by atoms with Gasteiger partial charge in [0.2, 0.25) is 5.91 Å². The minimum absolute atomic E-state index is 0.145. The monoisotopic (exact) mass is 281 g/mol. The van der Waals surface area contributed by atoms with Crippen LogP contribution in [0.5, 0.6) is 0 Å². The molecule has 1 aromatic carbocycles.